The predicted octanol–water partition coefficient (Wildman–Crippen LogP) is 5.47. The van der Waals surface area contributed by atoms with Gasteiger partial charge in [-0.15, -0.1) is 0 Å². The maximum absolute atomic E-state index is 11.4. The van der Waals surface area contributed by atoms with Crippen LogP contribution in [-0.4, -0.2) is 46.2 Å². The number of pyridine rings is 1. The van der Waals surface area contributed by atoms with Crippen molar-refractivity contribution in [3.05, 3.63) is 72.4 Å². The molecule has 1 heterocycles. The summed E-state index contributed by atoms with van der Waals surface area (Å²) in [4.78, 5) is 4.41. The van der Waals surface area contributed by atoms with E-state index in [9.17, 15) is 13.7 Å². The van der Waals surface area contributed by atoms with Crippen LogP contribution < -0.4 is 24.3 Å². The summed E-state index contributed by atoms with van der Waals surface area (Å²) in [5.41, 5.74) is 2.25. The summed E-state index contributed by atoms with van der Waals surface area (Å²) in [6.07, 6.45) is 3.03. The minimum Gasteiger partial charge on any atom is -0.493 e. The molecule has 38 heavy (non-hydrogen) atoms. The normalized spacial score (nSPS) is 11.0. The lowest BCUT2D eigenvalue weighted by molar-refractivity contribution is 0.295. The molecule has 0 aliphatic rings. The van der Waals surface area contributed by atoms with Crippen LogP contribution in [0, 0.1) is 11.3 Å². The molecular weight excluding hydrogens is 506 g/mol. The first-order valence-corrected chi connectivity index (χ1v) is 13.8. The second kappa shape index (κ2) is 11.7. The third-order valence-electron chi connectivity index (χ3n) is 5.61. The van der Waals surface area contributed by atoms with Crippen molar-refractivity contribution >= 4 is 32.1 Å². The Kier molecular flexibility index (Phi) is 8.19. The molecule has 0 amide bonds. The predicted molar refractivity (Wildman–Crippen MR) is 146 cm³/mol. The summed E-state index contributed by atoms with van der Waals surface area (Å²) in [7, 11) is 0.0311. The van der Waals surface area contributed by atoms with Crippen molar-refractivity contribution in [1.29, 1.82) is 5.26 Å². The van der Waals surface area contributed by atoms with Gasteiger partial charge in [-0.05, 0) is 48.9 Å². The molecule has 0 atom stereocenters. The van der Waals surface area contributed by atoms with Crippen LogP contribution in [0.15, 0.2) is 66.9 Å². The molecule has 0 radical (unpaired) electrons. The van der Waals surface area contributed by atoms with Crippen LogP contribution in [0.1, 0.15) is 12.0 Å². The number of aromatic nitrogens is 1. The van der Waals surface area contributed by atoms with Crippen LogP contribution in [0.3, 0.4) is 0 Å². The number of anilines is 2. The van der Waals surface area contributed by atoms with Crippen molar-refractivity contribution in [2.24, 2.45) is 0 Å². The summed E-state index contributed by atoms with van der Waals surface area (Å²) in [6.45, 7) is 0.208. The summed E-state index contributed by atoms with van der Waals surface area (Å²) >= 11 is 0. The number of rotatable bonds is 11. The van der Waals surface area contributed by atoms with Crippen LogP contribution in [0.2, 0.25) is 0 Å². The van der Waals surface area contributed by atoms with Crippen molar-refractivity contribution in [2.45, 2.75) is 6.42 Å². The minimum absolute atomic E-state index is 0.0312. The van der Waals surface area contributed by atoms with Crippen molar-refractivity contribution < 1.29 is 27.4 Å². The Bertz CT molecular complexity index is 1580. The van der Waals surface area contributed by atoms with E-state index >= 15 is 0 Å². The van der Waals surface area contributed by atoms with Crippen LogP contribution in [0.25, 0.3) is 10.9 Å². The van der Waals surface area contributed by atoms with Gasteiger partial charge in [0.25, 0.3) is 0 Å². The Morgan fingerprint density at radius 1 is 0.947 bits per heavy atom. The third-order valence-corrected chi connectivity index (χ3v) is 6.64. The second-order valence-electron chi connectivity index (χ2n) is 8.41. The lowest BCUT2D eigenvalue weighted by Gasteiger charge is -2.16. The van der Waals surface area contributed by atoms with E-state index in [0.717, 1.165) is 5.69 Å². The number of nitrogens with zero attached hydrogens (tertiary/aromatic N) is 2. The SMILES string of the molecule is COc1cc2c(Nc3ccc(Oc4ccccc4OC)cc3)c(C#N)cnc2cc1OCCCS(C)(=O)=O. The number of hydrogen-bond acceptors (Lipinski definition) is 9. The van der Waals surface area contributed by atoms with Crippen LogP contribution >= 0.6 is 0 Å². The Morgan fingerprint density at radius 3 is 2.32 bits per heavy atom. The fourth-order valence-corrected chi connectivity index (χ4v) is 4.42. The lowest BCUT2D eigenvalue weighted by atomic mass is 10.1. The Balaban J connectivity index is 1.58. The number of benzene rings is 3. The van der Waals surface area contributed by atoms with Gasteiger partial charge in [0.1, 0.15) is 21.7 Å². The molecule has 0 fully saturated rings. The van der Waals surface area contributed by atoms with Gasteiger partial charge in [0.2, 0.25) is 0 Å². The molecule has 0 saturated heterocycles. The first-order valence-electron chi connectivity index (χ1n) is 11.7. The highest BCUT2D eigenvalue weighted by Gasteiger charge is 2.15. The van der Waals surface area contributed by atoms with E-state index in [-0.39, 0.29) is 12.4 Å². The molecule has 10 heteroatoms. The summed E-state index contributed by atoms with van der Waals surface area (Å²) in [5.74, 6) is 2.77. The van der Waals surface area contributed by atoms with Crippen LogP contribution in [0.5, 0.6) is 28.7 Å². The molecule has 0 spiro atoms. The highest BCUT2D eigenvalue weighted by molar-refractivity contribution is 7.90. The highest BCUT2D eigenvalue weighted by atomic mass is 32.2. The lowest BCUT2D eigenvalue weighted by Crippen LogP contribution is -2.08. The Morgan fingerprint density at radius 2 is 1.66 bits per heavy atom. The van der Waals surface area contributed by atoms with Crippen molar-refractivity contribution in [2.75, 3.05) is 38.2 Å². The van der Waals surface area contributed by atoms with E-state index < -0.39 is 9.84 Å². The van der Waals surface area contributed by atoms with E-state index in [1.54, 1.807) is 19.2 Å². The molecule has 9 nitrogen and oxygen atoms in total. The average molecular weight is 534 g/mol. The average Bonchev–Trinajstić information content (AvgIpc) is 2.91. The molecule has 0 aliphatic heterocycles. The molecule has 4 aromatic rings. The van der Waals surface area contributed by atoms with Gasteiger partial charge < -0.3 is 24.3 Å². The maximum atomic E-state index is 11.4. The monoisotopic (exact) mass is 533 g/mol. The molecule has 4 rings (SSSR count). The fraction of sp³-hybridized carbons (Fsp3) is 0.214. The van der Waals surface area contributed by atoms with Crippen LogP contribution in [0.4, 0.5) is 11.4 Å². The van der Waals surface area contributed by atoms with Gasteiger partial charge in [-0.3, -0.25) is 4.98 Å². The minimum atomic E-state index is -3.07. The summed E-state index contributed by atoms with van der Waals surface area (Å²) < 4.78 is 45.3. The number of methoxy groups -OCH3 is 2. The smallest absolute Gasteiger partial charge is 0.169 e. The quantitative estimate of drug-likeness (QED) is 0.250. The molecule has 0 saturated carbocycles. The number of nitriles is 1. The number of hydrogen-bond donors (Lipinski definition) is 1. The van der Waals surface area contributed by atoms with E-state index in [0.29, 0.717) is 57.3 Å². The zero-order valence-electron chi connectivity index (χ0n) is 21.2. The van der Waals surface area contributed by atoms with Gasteiger partial charge >= 0.3 is 0 Å². The molecule has 0 bridgehead atoms. The highest BCUT2D eigenvalue weighted by Crippen LogP contribution is 2.38. The molecule has 0 aliphatic carbocycles. The topological polar surface area (TPSA) is 120 Å². The number of ether oxygens (including phenoxy) is 4. The van der Waals surface area contributed by atoms with Crippen molar-refractivity contribution in [3.8, 4) is 34.8 Å². The third kappa shape index (κ3) is 6.44. The van der Waals surface area contributed by atoms with Gasteiger partial charge in [-0.2, -0.15) is 5.26 Å². The fourth-order valence-electron chi connectivity index (χ4n) is 3.78. The number of sulfone groups is 1. The Hall–Kier alpha value is -4.49. The zero-order valence-corrected chi connectivity index (χ0v) is 22.0. The van der Waals surface area contributed by atoms with Gasteiger partial charge in [-0.25, -0.2) is 8.42 Å². The van der Waals surface area contributed by atoms with Gasteiger partial charge in [0.05, 0.1) is 43.3 Å². The number of nitrogens with one attached hydrogen (secondary N) is 1. The molecular formula is C28H27N3O6S. The summed E-state index contributed by atoms with van der Waals surface area (Å²) in [6, 6.07) is 20.3. The van der Waals surface area contributed by atoms with E-state index in [4.69, 9.17) is 18.9 Å². The molecule has 0 unspecified atom stereocenters. The molecule has 1 N–H and O–H groups in total. The number of para-hydroxylation sites is 2. The van der Waals surface area contributed by atoms with Crippen LogP contribution in [-0.2, 0) is 9.84 Å². The van der Waals surface area contributed by atoms with Gasteiger partial charge in [0, 0.05) is 29.6 Å². The molecule has 196 valence electrons. The Labute approximate surface area is 221 Å². The van der Waals surface area contributed by atoms with Gasteiger partial charge in [-0.1, -0.05) is 12.1 Å². The van der Waals surface area contributed by atoms with E-state index in [2.05, 4.69) is 16.4 Å². The van der Waals surface area contributed by atoms with E-state index in [1.165, 1.54) is 19.6 Å². The van der Waals surface area contributed by atoms with Crippen molar-refractivity contribution in [1.82, 2.24) is 4.98 Å². The van der Waals surface area contributed by atoms with Crippen molar-refractivity contribution in [3.63, 3.8) is 0 Å². The van der Waals surface area contributed by atoms with Gasteiger partial charge in [0.15, 0.2) is 23.0 Å². The number of fused-ring (bicyclic) bond motifs is 1. The largest absolute Gasteiger partial charge is 0.493 e. The first kappa shape index (κ1) is 26.6. The first-order chi connectivity index (χ1) is 18.3. The molecule has 1 aromatic heterocycles. The summed E-state index contributed by atoms with van der Waals surface area (Å²) in [5, 5.41) is 13.7. The second-order valence-corrected chi connectivity index (χ2v) is 10.7. The zero-order chi connectivity index (χ0) is 27.1. The standard InChI is InChI=1S/C28H27N3O6S/c1-34-24-7-4-5-8-25(24)37-21-11-9-20(10-12-21)31-28-19(17-29)18-30-23-16-27(26(35-2)15-22(23)28)36-13-6-14-38(3,32)33/h4-5,7-12,15-16,18H,6,13-14H2,1-3H3,(H,30,31). The molecule has 3 aromatic carbocycles. The maximum Gasteiger partial charge on any atom is 0.169 e. The van der Waals surface area contributed by atoms with E-state index in [1.807, 2.05) is 48.5 Å².